The summed E-state index contributed by atoms with van der Waals surface area (Å²) in [5.74, 6) is 0.958. The summed E-state index contributed by atoms with van der Waals surface area (Å²) in [6, 6.07) is 0. The molecule has 88 valence electrons. The molecule has 16 heavy (non-hydrogen) atoms. The Balaban J connectivity index is 1.75. The normalized spacial score (nSPS) is 52.8. The number of hydrogen-bond acceptors (Lipinski definition) is 3. The minimum absolute atomic E-state index is 0.132. The van der Waals surface area contributed by atoms with Gasteiger partial charge < -0.3 is 14.3 Å². The largest absolute Gasteiger partial charge is 0.323 e. The van der Waals surface area contributed by atoms with Crippen molar-refractivity contribution < 1.29 is 14.3 Å². The van der Waals surface area contributed by atoms with Gasteiger partial charge in [0.2, 0.25) is 0 Å². The van der Waals surface area contributed by atoms with Crippen molar-refractivity contribution >= 4 is 6.29 Å². The Labute approximate surface area is 95.8 Å². The number of aldehydes is 1. The zero-order valence-corrected chi connectivity index (χ0v) is 9.59. The lowest BCUT2D eigenvalue weighted by Crippen LogP contribution is -2.47. The highest BCUT2D eigenvalue weighted by Crippen LogP contribution is 2.66. The van der Waals surface area contributed by atoms with E-state index >= 15 is 0 Å². The third kappa shape index (κ3) is 1.31. The molecule has 2 fully saturated rings. The summed E-state index contributed by atoms with van der Waals surface area (Å²) in [6.07, 6.45) is 9.52. The lowest BCUT2D eigenvalue weighted by atomic mass is 10.00. The molecule has 0 aromatic rings. The first-order chi connectivity index (χ1) is 7.79. The first-order valence-corrected chi connectivity index (χ1v) is 6.21. The third-order valence-electron chi connectivity index (χ3n) is 4.36. The summed E-state index contributed by atoms with van der Waals surface area (Å²) in [5, 5.41) is 0. The highest BCUT2D eigenvalue weighted by Gasteiger charge is 2.70. The van der Waals surface area contributed by atoms with E-state index in [1.807, 2.05) is 6.92 Å². The Morgan fingerprint density at radius 3 is 2.19 bits per heavy atom. The molecule has 1 aliphatic heterocycles. The van der Waals surface area contributed by atoms with Crippen LogP contribution in [0.25, 0.3) is 0 Å². The predicted octanol–water partition coefficient (Wildman–Crippen LogP) is 2.27. The second-order valence-corrected chi connectivity index (χ2v) is 5.13. The van der Waals surface area contributed by atoms with Gasteiger partial charge in [-0.25, -0.2) is 0 Å². The van der Waals surface area contributed by atoms with Crippen molar-refractivity contribution in [2.75, 3.05) is 0 Å². The van der Waals surface area contributed by atoms with Gasteiger partial charge in [0, 0.05) is 0 Å². The van der Waals surface area contributed by atoms with E-state index in [4.69, 9.17) is 9.47 Å². The fourth-order valence-corrected chi connectivity index (χ4v) is 3.45. The molecule has 3 aliphatic rings. The molecule has 2 aliphatic carbocycles. The average molecular weight is 222 g/mol. The average Bonchev–Trinajstić information content (AvgIpc) is 2.79. The molecular weight excluding hydrogens is 204 g/mol. The van der Waals surface area contributed by atoms with Crippen LogP contribution in [0.15, 0.2) is 12.2 Å². The SMILES string of the molecule is CC1OC([C@]2(C=O)[C@@H]3CC/C=C\CC[C@@H]32)O1. The van der Waals surface area contributed by atoms with Gasteiger partial charge >= 0.3 is 0 Å². The summed E-state index contributed by atoms with van der Waals surface area (Å²) < 4.78 is 11.1. The first kappa shape index (κ1) is 10.5. The maximum Gasteiger partial charge on any atom is 0.176 e. The van der Waals surface area contributed by atoms with E-state index in [0.29, 0.717) is 11.8 Å². The smallest absolute Gasteiger partial charge is 0.176 e. The molecule has 1 heterocycles. The Morgan fingerprint density at radius 1 is 1.19 bits per heavy atom. The molecule has 1 saturated heterocycles. The number of fused-ring (bicyclic) bond motifs is 1. The zero-order valence-electron chi connectivity index (χ0n) is 9.59. The van der Waals surface area contributed by atoms with Crippen molar-refractivity contribution in [3.05, 3.63) is 12.2 Å². The maximum absolute atomic E-state index is 11.4. The number of rotatable bonds is 2. The van der Waals surface area contributed by atoms with Crippen LogP contribution in [0, 0.1) is 17.3 Å². The zero-order chi connectivity index (χ0) is 11.2. The summed E-state index contributed by atoms with van der Waals surface area (Å²) in [7, 11) is 0. The molecule has 0 unspecified atom stereocenters. The molecule has 0 radical (unpaired) electrons. The summed E-state index contributed by atoms with van der Waals surface area (Å²) in [5.41, 5.74) is -0.321. The van der Waals surface area contributed by atoms with E-state index in [0.717, 1.165) is 32.0 Å². The van der Waals surface area contributed by atoms with Crippen LogP contribution in [-0.4, -0.2) is 18.9 Å². The number of carbonyl (C=O) groups excluding carboxylic acids is 1. The molecule has 0 spiro atoms. The molecule has 3 rings (SSSR count). The van der Waals surface area contributed by atoms with Crippen LogP contribution in [0.1, 0.15) is 32.6 Å². The second kappa shape index (κ2) is 3.67. The molecule has 0 aromatic heterocycles. The third-order valence-corrected chi connectivity index (χ3v) is 4.36. The Bertz CT molecular complexity index is 301. The van der Waals surface area contributed by atoms with Crippen LogP contribution in [0.4, 0.5) is 0 Å². The van der Waals surface area contributed by atoms with Gasteiger partial charge in [-0.3, -0.25) is 0 Å². The number of allylic oxidation sites excluding steroid dienone is 2. The van der Waals surface area contributed by atoms with Crippen molar-refractivity contribution in [2.45, 2.75) is 45.2 Å². The van der Waals surface area contributed by atoms with E-state index < -0.39 is 0 Å². The van der Waals surface area contributed by atoms with Crippen molar-refractivity contribution in [3.8, 4) is 0 Å². The Hall–Kier alpha value is -0.670. The van der Waals surface area contributed by atoms with Gasteiger partial charge in [0.05, 0.1) is 5.41 Å². The van der Waals surface area contributed by atoms with Gasteiger partial charge in [-0.2, -0.15) is 0 Å². The fourth-order valence-electron chi connectivity index (χ4n) is 3.45. The van der Waals surface area contributed by atoms with Crippen LogP contribution in [0.3, 0.4) is 0 Å². The minimum Gasteiger partial charge on any atom is -0.323 e. The van der Waals surface area contributed by atoms with Gasteiger partial charge in [-0.05, 0) is 44.4 Å². The van der Waals surface area contributed by atoms with Gasteiger partial charge in [0.15, 0.2) is 12.6 Å². The summed E-state index contributed by atoms with van der Waals surface area (Å²) in [6.45, 7) is 1.88. The van der Waals surface area contributed by atoms with Crippen LogP contribution in [-0.2, 0) is 14.3 Å². The molecule has 0 N–H and O–H groups in total. The lowest BCUT2D eigenvalue weighted by molar-refractivity contribution is -0.394. The quantitative estimate of drug-likeness (QED) is 0.531. The van der Waals surface area contributed by atoms with E-state index in [-0.39, 0.29) is 18.0 Å². The maximum atomic E-state index is 11.4. The fraction of sp³-hybridized carbons (Fsp3) is 0.769. The van der Waals surface area contributed by atoms with Crippen molar-refractivity contribution in [2.24, 2.45) is 17.3 Å². The first-order valence-electron chi connectivity index (χ1n) is 6.21. The van der Waals surface area contributed by atoms with Crippen LogP contribution in [0.5, 0.6) is 0 Å². The Kier molecular flexibility index (Phi) is 2.41. The highest BCUT2D eigenvalue weighted by atomic mass is 16.9. The molecule has 0 bridgehead atoms. The number of ether oxygens (including phenoxy) is 2. The number of carbonyl (C=O) groups is 1. The monoisotopic (exact) mass is 222 g/mol. The summed E-state index contributed by atoms with van der Waals surface area (Å²) >= 11 is 0. The van der Waals surface area contributed by atoms with E-state index in [2.05, 4.69) is 12.2 Å². The molecule has 0 amide bonds. The van der Waals surface area contributed by atoms with Gasteiger partial charge in [-0.1, -0.05) is 12.2 Å². The van der Waals surface area contributed by atoms with Gasteiger partial charge in [-0.15, -0.1) is 0 Å². The van der Waals surface area contributed by atoms with Gasteiger partial charge in [0.25, 0.3) is 0 Å². The highest BCUT2D eigenvalue weighted by molar-refractivity contribution is 5.67. The van der Waals surface area contributed by atoms with Crippen LogP contribution in [0.2, 0.25) is 0 Å². The van der Waals surface area contributed by atoms with Crippen molar-refractivity contribution in [3.63, 3.8) is 0 Å². The van der Waals surface area contributed by atoms with Crippen LogP contribution < -0.4 is 0 Å². The molecule has 0 aromatic carbocycles. The second-order valence-electron chi connectivity index (χ2n) is 5.13. The van der Waals surface area contributed by atoms with Gasteiger partial charge in [0.1, 0.15) is 6.29 Å². The van der Waals surface area contributed by atoms with Crippen molar-refractivity contribution in [1.29, 1.82) is 0 Å². The molecule has 3 atom stereocenters. The molecule has 3 nitrogen and oxygen atoms in total. The molecule has 1 saturated carbocycles. The van der Waals surface area contributed by atoms with E-state index in [9.17, 15) is 4.79 Å². The van der Waals surface area contributed by atoms with Crippen LogP contribution >= 0.6 is 0 Å². The van der Waals surface area contributed by atoms with E-state index in [1.165, 1.54) is 0 Å². The summed E-state index contributed by atoms with van der Waals surface area (Å²) in [4.78, 5) is 11.4. The lowest BCUT2D eigenvalue weighted by Gasteiger charge is -2.38. The minimum atomic E-state index is -0.321. The standard InChI is InChI=1S/C13H18O3/c1-9-15-12(16-9)13(8-14)10-6-4-2-3-5-7-11(10)13/h2-3,8-12H,4-7H2,1H3/b3-2-/t9?,10-,11+,12?,13-. The molecular formula is C13H18O3. The topological polar surface area (TPSA) is 35.5 Å². The van der Waals surface area contributed by atoms with Crippen molar-refractivity contribution in [1.82, 2.24) is 0 Å². The molecule has 3 heteroatoms. The predicted molar refractivity (Wildman–Crippen MR) is 58.5 cm³/mol. The number of hydrogen-bond donors (Lipinski definition) is 0. The Morgan fingerprint density at radius 2 is 1.75 bits per heavy atom. The van der Waals surface area contributed by atoms with E-state index in [1.54, 1.807) is 0 Å².